The quantitative estimate of drug-likeness (QED) is 0.504. The van der Waals surface area contributed by atoms with Crippen molar-refractivity contribution in [2.24, 2.45) is 5.73 Å². The number of hydrogen-bond acceptors (Lipinski definition) is 2. The molecule has 14 heavy (non-hydrogen) atoms. The molecule has 76 valence electrons. The van der Waals surface area contributed by atoms with Gasteiger partial charge >= 0.3 is 0 Å². The minimum absolute atomic E-state index is 0.118. The van der Waals surface area contributed by atoms with E-state index >= 15 is 0 Å². The molecule has 0 radical (unpaired) electrons. The molecule has 1 rings (SSSR count). The van der Waals surface area contributed by atoms with E-state index in [4.69, 9.17) is 11.1 Å². The standard InChI is InChI=1S/C11H17N3/c1-3-6-14-10-5-4-8(2)7-9(10)11(12)13/h4-5,7,14H,3,6H2,1-2H3,(H3,12,13). The molecular formula is C11H17N3. The maximum absolute atomic E-state index is 7.45. The largest absolute Gasteiger partial charge is 0.384 e. The minimum Gasteiger partial charge on any atom is -0.384 e. The van der Waals surface area contributed by atoms with Crippen molar-refractivity contribution < 1.29 is 0 Å². The number of nitrogens with one attached hydrogen (secondary N) is 2. The minimum atomic E-state index is 0.118. The molecule has 0 saturated carbocycles. The van der Waals surface area contributed by atoms with E-state index in [-0.39, 0.29) is 5.84 Å². The van der Waals surface area contributed by atoms with E-state index in [0.29, 0.717) is 0 Å². The fourth-order valence-corrected chi connectivity index (χ4v) is 1.29. The van der Waals surface area contributed by atoms with Crippen molar-refractivity contribution in [1.29, 1.82) is 5.41 Å². The van der Waals surface area contributed by atoms with Crippen LogP contribution in [0.15, 0.2) is 18.2 Å². The van der Waals surface area contributed by atoms with Gasteiger partial charge in [0.25, 0.3) is 0 Å². The summed E-state index contributed by atoms with van der Waals surface area (Å²) in [7, 11) is 0. The van der Waals surface area contributed by atoms with Crippen LogP contribution in [0.25, 0.3) is 0 Å². The van der Waals surface area contributed by atoms with Gasteiger partial charge in [0, 0.05) is 17.8 Å². The number of benzene rings is 1. The molecule has 3 nitrogen and oxygen atoms in total. The Morgan fingerprint density at radius 3 is 2.79 bits per heavy atom. The van der Waals surface area contributed by atoms with Crippen LogP contribution in [-0.2, 0) is 0 Å². The Bertz CT molecular complexity index is 331. The van der Waals surface area contributed by atoms with Gasteiger partial charge in [0.2, 0.25) is 0 Å². The molecule has 0 spiro atoms. The molecule has 0 saturated heterocycles. The van der Waals surface area contributed by atoms with Gasteiger partial charge in [-0.3, -0.25) is 5.41 Å². The number of rotatable bonds is 4. The highest BCUT2D eigenvalue weighted by Gasteiger charge is 2.04. The van der Waals surface area contributed by atoms with Crippen LogP contribution in [-0.4, -0.2) is 12.4 Å². The van der Waals surface area contributed by atoms with Gasteiger partial charge in [-0.05, 0) is 25.5 Å². The Morgan fingerprint density at radius 2 is 2.21 bits per heavy atom. The smallest absolute Gasteiger partial charge is 0.124 e. The van der Waals surface area contributed by atoms with Crippen molar-refractivity contribution >= 4 is 11.5 Å². The van der Waals surface area contributed by atoms with Gasteiger partial charge in [0.15, 0.2) is 0 Å². The SMILES string of the molecule is CCCNc1ccc(C)cc1C(=N)N. The Labute approximate surface area is 84.8 Å². The van der Waals surface area contributed by atoms with Crippen molar-refractivity contribution in [3.63, 3.8) is 0 Å². The van der Waals surface area contributed by atoms with Crippen molar-refractivity contribution in [2.45, 2.75) is 20.3 Å². The molecule has 0 amide bonds. The van der Waals surface area contributed by atoms with Crippen LogP contribution in [0, 0.1) is 12.3 Å². The molecule has 0 atom stereocenters. The topological polar surface area (TPSA) is 61.9 Å². The molecule has 1 aromatic carbocycles. The van der Waals surface area contributed by atoms with Crippen LogP contribution in [0.4, 0.5) is 5.69 Å². The zero-order valence-corrected chi connectivity index (χ0v) is 8.72. The van der Waals surface area contributed by atoms with E-state index in [2.05, 4.69) is 12.2 Å². The maximum Gasteiger partial charge on any atom is 0.124 e. The van der Waals surface area contributed by atoms with Gasteiger partial charge in [-0.2, -0.15) is 0 Å². The van der Waals surface area contributed by atoms with E-state index in [1.54, 1.807) is 0 Å². The van der Waals surface area contributed by atoms with Crippen molar-refractivity contribution in [1.82, 2.24) is 0 Å². The van der Waals surface area contributed by atoms with Crippen LogP contribution in [0.1, 0.15) is 24.5 Å². The normalized spacial score (nSPS) is 9.86. The summed E-state index contributed by atoms with van der Waals surface area (Å²) >= 11 is 0. The van der Waals surface area contributed by atoms with Crippen LogP contribution in [0.2, 0.25) is 0 Å². The Morgan fingerprint density at radius 1 is 1.50 bits per heavy atom. The molecule has 0 unspecified atom stereocenters. The second kappa shape index (κ2) is 4.65. The zero-order valence-electron chi connectivity index (χ0n) is 8.72. The Hall–Kier alpha value is -1.51. The summed E-state index contributed by atoms with van der Waals surface area (Å²) in [4.78, 5) is 0. The third kappa shape index (κ3) is 2.49. The number of aryl methyl sites for hydroxylation is 1. The Kier molecular flexibility index (Phi) is 3.51. The van der Waals surface area contributed by atoms with E-state index in [1.165, 1.54) is 0 Å². The molecule has 0 heterocycles. The summed E-state index contributed by atoms with van der Waals surface area (Å²) in [5.74, 6) is 0.118. The molecule has 0 aliphatic carbocycles. The summed E-state index contributed by atoms with van der Waals surface area (Å²) in [5, 5.41) is 10.7. The molecule has 1 aromatic rings. The van der Waals surface area contributed by atoms with Crippen LogP contribution in [0.5, 0.6) is 0 Å². The molecule has 3 heteroatoms. The fraction of sp³-hybridized carbons (Fsp3) is 0.364. The summed E-state index contributed by atoms with van der Waals surface area (Å²) < 4.78 is 0. The number of nitrogens with two attached hydrogens (primary N) is 1. The Balaban J connectivity index is 2.96. The monoisotopic (exact) mass is 191 g/mol. The summed E-state index contributed by atoms with van der Waals surface area (Å²) in [6, 6.07) is 5.92. The van der Waals surface area contributed by atoms with Crippen molar-refractivity contribution in [3.8, 4) is 0 Å². The molecule has 0 aromatic heterocycles. The lowest BCUT2D eigenvalue weighted by molar-refractivity contribution is 0.979. The molecule has 0 aliphatic rings. The number of hydrogen-bond donors (Lipinski definition) is 3. The van der Waals surface area contributed by atoms with E-state index in [0.717, 1.165) is 29.8 Å². The molecule has 4 N–H and O–H groups in total. The van der Waals surface area contributed by atoms with E-state index in [1.807, 2.05) is 25.1 Å². The summed E-state index contributed by atoms with van der Waals surface area (Å²) in [6.07, 6.45) is 1.06. The van der Waals surface area contributed by atoms with Gasteiger partial charge in [-0.1, -0.05) is 18.6 Å². The number of amidine groups is 1. The third-order valence-electron chi connectivity index (χ3n) is 2.03. The lowest BCUT2D eigenvalue weighted by atomic mass is 10.1. The van der Waals surface area contributed by atoms with Gasteiger partial charge < -0.3 is 11.1 Å². The average molecular weight is 191 g/mol. The molecule has 0 aliphatic heterocycles. The van der Waals surface area contributed by atoms with Gasteiger partial charge in [-0.15, -0.1) is 0 Å². The van der Waals surface area contributed by atoms with Gasteiger partial charge in [0.05, 0.1) is 0 Å². The van der Waals surface area contributed by atoms with Gasteiger partial charge in [0.1, 0.15) is 5.84 Å². The van der Waals surface area contributed by atoms with E-state index < -0.39 is 0 Å². The fourth-order valence-electron chi connectivity index (χ4n) is 1.29. The first-order valence-electron chi connectivity index (χ1n) is 4.84. The predicted molar refractivity (Wildman–Crippen MR) is 61.0 cm³/mol. The lowest BCUT2D eigenvalue weighted by Gasteiger charge is -2.10. The molecular weight excluding hydrogens is 174 g/mol. The second-order valence-corrected chi connectivity index (χ2v) is 3.39. The highest BCUT2D eigenvalue weighted by Crippen LogP contribution is 2.16. The first-order chi connectivity index (χ1) is 6.65. The zero-order chi connectivity index (χ0) is 10.6. The predicted octanol–water partition coefficient (Wildman–Crippen LogP) is 2.10. The van der Waals surface area contributed by atoms with E-state index in [9.17, 15) is 0 Å². The van der Waals surface area contributed by atoms with Crippen LogP contribution < -0.4 is 11.1 Å². The van der Waals surface area contributed by atoms with Crippen molar-refractivity contribution in [3.05, 3.63) is 29.3 Å². The number of nitrogen functional groups attached to an aromatic ring is 1. The summed E-state index contributed by atoms with van der Waals surface area (Å²) in [5.41, 5.74) is 8.36. The molecule has 0 bridgehead atoms. The third-order valence-corrected chi connectivity index (χ3v) is 2.03. The van der Waals surface area contributed by atoms with Crippen LogP contribution >= 0.6 is 0 Å². The summed E-state index contributed by atoms with van der Waals surface area (Å²) in [6.45, 7) is 5.01. The van der Waals surface area contributed by atoms with Gasteiger partial charge in [-0.25, -0.2) is 0 Å². The average Bonchev–Trinajstić information content (AvgIpc) is 2.15. The highest BCUT2D eigenvalue weighted by atomic mass is 14.9. The first-order valence-corrected chi connectivity index (χ1v) is 4.84. The molecule has 0 fully saturated rings. The van der Waals surface area contributed by atoms with Crippen LogP contribution in [0.3, 0.4) is 0 Å². The highest BCUT2D eigenvalue weighted by molar-refractivity contribution is 6.00. The first kappa shape index (κ1) is 10.6. The lowest BCUT2D eigenvalue weighted by Crippen LogP contribution is -2.15. The second-order valence-electron chi connectivity index (χ2n) is 3.39. The van der Waals surface area contributed by atoms with Crippen molar-refractivity contribution in [2.75, 3.05) is 11.9 Å². The number of anilines is 1. The maximum atomic E-state index is 7.45.